The van der Waals surface area contributed by atoms with Crippen molar-refractivity contribution in [2.45, 2.75) is 26.2 Å². The standard InChI is InChI=1S/C40H31NO/c1-40(2,3)29-21-18-26(19-22-29)27-10-8-11-30(24-27)41-36-16-6-4-12-32(36)35-25-28(20-23-37(35)41)31-14-9-15-34-33-13-5-7-17-38(33)42-39(31)34/h4-25H,1-3H3. The third-order valence-electron chi connectivity index (χ3n) is 8.58. The Hall–Kier alpha value is -5.08. The Balaban J connectivity index is 1.29. The Morgan fingerprint density at radius 2 is 1.19 bits per heavy atom. The number of nitrogens with zero attached hydrogens (tertiary/aromatic N) is 1. The highest BCUT2D eigenvalue weighted by Crippen LogP contribution is 2.39. The van der Waals surface area contributed by atoms with Crippen LogP contribution in [-0.4, -0.2) is 4.57 Å². The van der Waals surface area contributed by atoms with Crippen LogP contribution in [0.25, 0.3) is 71.7 Å². The molecule has 0 saturated carbocycles. The third-order valence-corrected chi connectivity index (χ3v) is 8.58. The van der Waals surface area contributed by atoms with Crippen LogP contribution in [-0.2, 0) is 5.41 Å². The van der Waals surface area contributed by atoms with Crippen LogP contribution < -0.4 is 0 Å². The summed E-state index contributed by atoms with van der Waals surface area (Å²) in [6, 6.07) is 48.1. The molecule has 2 aromatic heterocycles. The summed E-state index contributed by atoms with van der Waals surface area (Å²) in [7, 11) is 0. The van der Waals surface area contributed by atoms with Gasteiger partial charge in [-0.3, -0.25) is 0 Å². The lowest BCUT2D eigenvalue weighted by Crippen LogP contribution is -2.10. The van der Waals surface area contributed by atoms with E-state index < -0.39 is 0 Å². The molecule has 0 amide bonds. The first kappa shape index (κ1) is 24.7. The molecule has 0 saturated heterocycles. The van der Waals surface area contributed by atoms with Crippen LogP contribution in [0.1, 0.15) is 26.3 Å². The summed E-state index contributed by atoms with van der Waals surface area (Å²) < 4.78 is 8.78. The van der Waals surface area contributed by atoms with E-state index in [9.17, 15) is 0 Å². The second-order valence-electron chi connectivity index (χ2n) is 12.2. The quantitative estimate of drug-likeness (QED) is 0.217. The number of fused-ring (bicyclic) bond motifs is 6. The van der Waals surface area contributed by atoms with Crippen molar-refractivity contribution < 1.29 is 4.42 Å². The van der Waals surface area contributed by atoms with Crippen molar-refractivity contribution >= 4 is 43.7 Å². The normalized spacial score (nSPS) is 12.2. The van der Waals surface area contributed by atoms with Gasteiger partial charge in [-0.15, -0.1) is 0 Å². The zero-order valence-electron chi connectivity index (χ0n) is 24.1. The summed E-state index contributed by atoms with van der Waals surface area (Å²) in [6.07, 6.45) is 0. The van der Waals surface area contributed by atoms with Gasteiger partial charge in [0.2, 0.25) is 0 Å². The van der Waals surface area contributed by atoms with Crippen LogP contribution >= 0.6 is 0 Å². The van der Waals surface area contributed by atoms with Gasteiger partial charge >= 0.3 is 0 Å². The van der Waals surface area contributed by atoms with E-state index in [1.165, 1.54) is 38.5 Å². The zero-order chi connectivity index (χ0) is 28.4. The number of furan rings is 1. The summed E-state index contributed by atoms with van der Waals surface area (Å²) in [6.45, 7) is 6.77. The highest BCUT2D eigenvalue weighted by molar-refractivity contribution is 6.13. The van der Waals surface area contributed by atoms with Gasteiger partial charge in [0.25, 0.3) is 0 Å². The summed E-state index contributed by atoms with van der Waals surface area (Å²) in [5.74, 6) is 0. The van der Waals surface area contributed by atoms with Gasteiger partial charge in [-0.05, 0) is 64.1 Å². The van der Waals surface area contributed by atoms with Crippen LogP contribution in [0.2, 0.25) is 0 Å². The molecule has 0 aliphatic heterocycles. The van der Waals surface area contributed by atoms with Crippen LogP contribution in [0, 0.1) is 0 Å². The van der Waals surface area contributed by atoms with Gasteiger partial charge in [0.05, 0.1) is 11.0 Å². The number of hydrogen-bond acceptors (Lipinski definition) is 1. The zero-order valence-corrected chi connectivity index (χ0v) is 24.1. The second-order valence-corrected chi connectivity index (χ2v) is 12.2. The maximum Gasteiger partial charge on any atom is 0.143 e. The minimum atomic E-state index is 0.137. The summed E-state index contributed by atoms with van der Waals surface area (Å²) in [4.78, 5) is 0. The van der Waals surface area contributed by atoms with E-state index in [4.69, 9.17) is 4.42 Å². The van der Waals surface area contributed by atoms with Crippen LogP contribution in [0.5, 0.6) is 0 Å². The molecule has 2 heterocycles. The maximum atomic E-state index is 6.39. The molecule has 6 aromatic carbocycles. The molecule has 42 heavy (non-hydrogen) atoms. The van der Waals surface area contributed by atoms with Gasteiger partial charge < -0.3 is 8.98 Å². The number of para-hydroxylation sites is 3. The molecule has 202 valence electrons. The molecule has 0 unspecified atom stereocenters. The third kappa shape index (κ3) is 3.87. The van der Waals surface area contributed by atoms with Gasteiger partial charge in [0.15, 0.2) is 0 Å². The number of benzene rings is 6. The monoisotopic (exact) mass is 541 g/mol. The molecule has 0 atom stereocenters. The van der Waals surface area contributed by atoms with E-state index >= 15 is 0 Å². The molecule has 2 heteroatoms. The molecule has 0 bridgehead atoms. The largest absolute Gasteiger partial charge is 0.455 e. The van der Waals surface area contributed by atoms with E-state index in [1.807, 2.05) is 12.1 Å². The lowest BCUT2D eigenvalue weighted by Gasteiger charge is -2.19. The Kier molecular flexibility index (Phi) is 5.42. The molecule has 0 aliphatic rings. The number of rotatable bonds is 3. The van der Waals surface area contributed by atoms with Crippen molar-refractivity contribution in [2.24, 2.45) is 0 Å². The molecular weight excluding hydrogens is 510 g/mol. The number of aromatic nitrogens is 1. The Morgan fingerprint density at radius 1 is 0.500 bits per heavy atom. The van der Waals surface area contributed by atoms with E-state index in [2.05, 4.69) is 147 Å². The van der Waals surface area contributed by atoms with Crippen LogP contribution in [0.15, 0.2) is 138 Å². The fourth-order valence-electron chi connectivity index (χ4n) is 6.38. The molecule has 8 aromatic rings. The smallest absolute Gasteiger partial charge is 0.143 e. The van der Waals surface area contributed by atoms with Crippen LogP contribution in [0.3, 0.4) is 0 Å². The Morgan fingerprint density at radius 3 is 2.02 bits per heavy atom. The molecule has 0 radical (unpaired) electrons. The van der Waals surface area contributed by atoms with Gasteiger partial charge in [-0.1, -0.05) is 118 Å². The predicted octanol–water partition coefficient (Wildman–Crippen LogP) is 11.3. The van der Waals surface area contributed by atoms with E-state index in [0.29, 0.717) is 0 Å². The minimum Gasteiger partial charge on any atom is -0.455 e. The first-order valence-electron chi connectivity index (χ1n) is 14.6. The van der Waals surface area contributed by atoms with E-state index in [1.54, 1.807) is 0 Å². The molecular formula is C40H31NO. The highest BCUT2D eigenvalue weighted by atomic mass is 16.3. The Labute approximate surface area is 245 Å². The van der Waals surface area contributed by atoms with Crippen molar-refractivity contribution in [2.75, 3.05) is 0 Å². The lowest BCUT2D eigenvalue weighted by atomic mass is 9.86. The molecule has 0 fully saturated rings. The molecule has 2 nitrogen and oxygen atoms in total. The van der Waals surface area contributed by atoms with Gasteiger partial charge in [0, 0.05) is 32.8 Å². The van der Waals surface area contributed by atoms with Crippen molar-refractivity contribution in [3.05, 3.63) is 139 Å². The van der Waals surface area contributed by atoms with Crippen molar-refractivity contribution in [3.63, 3.8) is 0 Å². The fourth-order valence-corrected chi connectivity index (χ4v) is 6.38. The molecule has 8 rings (SSSR count). The van der Waals surface area contributed by atoms with Gasteiger partial charge in [0.1, 0.15) is 11.2 Å². The minimum absolute atomic E-state index is 0.137. The lowest BCUT2D eigenvalue weighted by molar-refractivity contribution is 0.590. The van der Waals surface area contributed by atoms with Crippen LogP contribution in [0.4, 0.5) is 0 Å². The second kappa shape index (κ2) is 9.22. The predicted molar refractivity (Wildman–Crippen MR) is 178 cm³/mol. The number of hydrogen-bond donors (Lipinski definition) is 0. The highest BCUT2D eigenvalue weighted by Gasteiger charge is 2.17. The fraction of sp³-hybridized carbons (Fsp3) is 0.100. The summed E-state index contributed by atoms with van der Waals surface area (Å²) >= 11 is 0. The van der Waals surface area contributed by atoms with Crippen molar-refractivity contribution in [1.82, 2.24) is 4.57 Å². The van der Waals surface area contributed by atoms with Crippen molar-refractivity contribution in [1.29, 1.82) is 0 Å². The molecule has 0 spiro atoms. The van der Waals surface area contributed by atoms with E-state index in [-0.39, 0.29) is 5.41 Å². The Bertz CT molecular complexity index is 2270. The molecule has 0 N–H and O–H groups in total. The average molecular weight is 542 g/mol. The SMILES string of the molecule is CC(C)(C)c1ccc(-c2cccc(-n3c4ccccc4c4cc(-c5cccc6c5oc5ccccc56)ccc43)c2)cc1. The first-order chi connectivity index (χ1) is 20.5. The first-order valence-corrected chi connectivity index (χ1v) is 14.6. The molecule has 0 aliphatic carbocycles. The topological polar surface area (TPSA) is 18.1 Å². The summed E-state index contributed by atoms with van der Waals surface area (Å²) in [5, 5.41) is 4.78. The summed E-state index contributed by atoms with van der Waals surface area (Å²) in [5.41, 5.74) is 11.6. The van der Waals surface area contributed by atoms with Gasteiger partial charge in [-0.25, -0.2) is 0 Å². The van der Waals surface area contributed by atoms with Gasteiger partial charge in [-0.2, -0.15) is 0 Å². The van der Waals surface area contributed by atoms with E-state index in [0.717, 1.165) is 38.8 Å². The van der Waals surface area contributed by atoms with Crippen molar-refractivity contribution in [3.8, 4) is 27.9 Å². The average Bonchev–Trinajstić information content (AvgIpc) is 3.56. The maximum absolute atomic E-state index is 6.39.